The van der Waals surface area contributed by atoms with Gasteiger partial charge in [0, 0.05) is 12.3 Å². The van der Waals surface area contributed by atoms with Crippen molar-refractivity contribution < 1.29 is 14.9 Å². The highest BCUT2D eigenvalue weighted by atomic mass is 32.2. The zero-order valence-electron chi connectivity index (χ0n) is 10.4. The molecule has 0 saturated carbocycles. The summed E-state index contributed by atoms with van der Waals surface area (Å²) in [4.78, 5) is 24.9. The van der Waals surface area contributed by atoms with Gasteiger partial charge in [-0.3, -0.25) is 14.3 Å². The molecule has 1 aromatic heterocycles. The van der Waals surface area contributed by atoms with E-state index in [1.165, 1.54) is 28.6 Å². The van der Waals surface area contributed by atoms with Crippen molar-refractivity contribution >= 4 is 11.8 Å². The van der Waals surface area contributed by atoms with E-state index in [1.807, 2.05) is 6.92 Å². The molecular weight excluding hydrogens is 272 g/mol. The predicted molar refractivity (Wildman–Crippen MR) is 70.2 cm³/mol. The van der Waals surface area contributed by atoms with E-state index in [4.69, 9.17) is 9.84 Å². The van der Waals surface area contributed by atoms with Gasteiger partial charge in [-0.2, -0.15) is 11.8 Å². The van der Waals surface area contributed by atoms with Crippen LogP contribution in [0.25, 0.3) is 0 Å². The van der Waals surface area contributed by atoms with Crippen molar-refractivity contribution in [2.45, 2.75) is 30.6 Å². The van der Waals surface area contributed by atoms with Gasteiger partial charge in [-0.1, -0.05) is 6.92 Å². The lowest BCUT2D eigenvalue weighted by molar-refractivity contribution is -0.0457. The van der Waals surface area contributed by atoms with Gasteiger partial charge in [0.1, 0.15) is 6.10 Å². The monoisotopic (exact) mass is 288 g/mol. The largest absolute Gasteiger partial charge is 0.394 e. The smallest absolute Gasteiger partial charge is 0.330 e. The first kappa shape index (κ1) is 14.3. The second-order valence-electron chi connectivity index (χ2n) is 4.18. The van der Waals surface area contributed by atoms with Crippen LogP contribution in [0.3, 0.4) is 0 Å². The highest BCUT2D eigenvalue weighted by Gasteiger charge is 2.44. The number of nitrogens with one attached hydrogen (secondary N) is 1. The van der Waals surface area contributed by atoms with E-state index in [2.05, 4.69) is 4.98 Å². The zero-order valence-corrected chi connectivity index (χ0v) is 11.2. The fourth-order valence-corrected chi connectivity index (χ4v) is 3.21. The fraction of sp³-hybridized carbons (Fsp3) is 0.636. The molecule has 7 nitrogen and oxygen atoms in total. The van der Waals surface area contributed by atoms with Crippen LogP contribution in [0.4, 0.5) is 0 Å². The summed E-state index contributed by atoms with van der Waals surface area (Å²) in [5.41, 5.74) is -1.08. The number of aromatic amines is 1. The Morgan fingerprint density at radius 3 is 2.84 bits per heavy atom. The molecule has 1 aromatic rings. The lowest BCUT2D eigenvalue weighted by Crippen LogP contribution is -2.36. The van der Waals surface area contributed by atoms with E-state index < -0.39 is 29.7 Å². The van der Waals surface area contributed by atoms with Crippen LogP contribution in [0.5, 0.6) is 0 Å². The Balaban J connectivity index is 2.36. The standard InChI is InChI=1S/C11H16N2O5S/c1-2-19-9-8(16)6(5-14)18-10(9)13-4-3-7(15)12-11(13)17/h3-4,6,8-10,14,16H,2,5H2,1H3,(H,12,15,17)/t6-,8+,9+,10-/m1/s1. The molecule has 0 spiro atoms. The van der Waals surface area contributed by atoms with Crippen molar-refractivity contribution in [3.05, 3.63) is 33.1 Å². The van der Waals surface area contributed by atoms with Crippen LogP contribution in [0.2, 0.25) is 0 Å². The van der Waals surface area contributed by atoms with Crippen molar-refractivity contribution in [2.75, 3.05) is 12.4 Å². The van der Waals surface area contributed by atoms with Gasteiger partial charge in [0.25, 0.3) is 5.56 Å². The lowest BCUT2D eigenvalue weighted by atomic mass is 10.2. The van der Waals surface area contributed by atoms with Gasteiger partial charge >= 0.3 is 5.69 Å². The number of nitrogens with zero attached hydrogens (tertiary/aromatic N) is 1. The number of hydrogen-bond donors (Lipinski definition) is 3. The minimum absolute atomic E-state index is 0.323. The molecule has 0 radical (unpaired) electrons. The maximum absolute atomic E-state index is 11.8. The molecule has 106 valence electrons. The summed E-state index contributed by atoms with van der Waals surface area (Å²) in [6.45, 7) is 1.60. The summed E-state index contributed by atoms with van der Waals surface area (Å²) >= 11 is 1.44. The molecule has 1 fully saturated rings. The fourth-order valence-electron chi connectivity index (χ4n) is 2.09. The molecule has 0 aromatic carbocycles. The van der Waals surface area contributed by atoms with Gasteiger partial charge < -0.3 is 14.9 Å². The third-order valence-electron chi connectivity index (χ3n) is 2.98. The molecular formula is C11H16N2O5S. The highest BCUT2D eigenvalue weighted by Crippen LogP contribution is 2.36. The Morgan fingerprint density at radius 1 is 1.53 bits per heavy atom. The number of hydrogen-bond acceptors (Lipinski definition) is 6. The molecule has 0 bridgehead atoms. The Hall–Kier alpha value is -1.09. The quantitative estimate of drug-likeness (QED) is 0.650. The normalized spacial score (nSPS) is 30.7. The van der Waals surface area contributed by atoms with Gasteiger partial charge in [0.05, 0.1) is 18.0 Å². The maximum atomic E-state index is 11.8. The minimum Gasteiger partial charge on any atom is -0.394 e. The molecule has 19 heavy (non-hydrogen) atoms. The molecule has 2 heterocycles. The van der Waals surface area contributed by atoms with E-state index in [9.17, 15) is 14.7 Å². The van der Waals surface area contributed by atoms with Crippen LogP contribution in [-0.2, 0) is 4.74 Å². The Morgan fingerprint density at radius 2 is 2.26 bits per heavy atom. The summed E-state index contributed by atoms with van der Waals surface area (Å²) in [6.07, 6.45) is -0.963. The first-order chi connectivity index (χ1) is 9.08. The van der Waals surface area contributed by atoms with Gasteiger partial charge in [-0.05, 0) is 5.75 Å². The summed E-state index contributed by atoms with van der Waals surface area (Å²) in [5.74, 6) is 0.734. The summed E-state index contributed by atoms with van der Waals surface area (Å²) < 4.78 is 6.74. The van der Waals surface area contributed by atoms with E-state index in [0.717, 1.165) is 5.75 Å². The number of aromatic nitrogens is 2. The first-order valence-electron chi connectivity index (χ1n) is 5.96. The topological polar surface area (TPSA) is 105 Å². The minimum atomic E-state index is -0.862. The number of aliphatic hydroxyl groups excluding tert-OH is 2. The number of rotatable bonds is 4. The van der Waals surface area contributed by atoms with Gasteiger partial charge in [0.15, 0.2) is 6.23 Å². The van der Waals surface area contributed by atoms with E-state index in [0.29, 0.717) is 0 Å². The molecule has 1 aliphatic heterocycles. The first-order valence-corrected chi connectivity index (χ1v) is 7.00. The van der Waals surface area contributed by atoms with Crippen molar-refractivity contribution in [3.8, 4) is 0 Å². The van der Waals surface area contributed by atoms with Crippen LogP contribution < -0.4 is 11.2 Å². The number of aliphatic hydroxyl groups is 2. The van der Waals surface area contributed by atoms with Gasteiger partial charge in [-0.25, -0.2) is 4.79 Å². The Labute approximate surface area is 113 Å². The van der Waals surface area contributed by atoms with Crippen LogP contribution >= 0.6 is 11.8 Å². The second kappa shape index (κ2) is 5.91. The van der Waals surface area contributed by atoms with Crippen LogP contribution in [0, 0.1) is 0 Å². The van der Waals surface area contributed by atoms with Crippen LogP contribution in [0.1, 0.15) is 13.2 Å². The number of thioether (sulfide) groups is 1. The summed E-state index contributed by atoms with van der Waals surface area (Å²) in [5, 5.41) is 18.9. The van der Waals surface area contributed by atoms with Crippen LogP contribution in [0.15, 0.2) is 21.9 Å². The zero-order chi connectivity index (χ0) is 14.0. The number of H-pyrrole nitrogens is 1. The lowest BCUT2D eigenvalue weighted by Gasteiger charge is -2.20. The molecule has 8 heteroatoms. The Kier molecular flexibility index (Phi) is 4.46. The summed E-state index contributed by atoms with van der Waals surface area (Å²) in [7, 11) is 0. The molecule has 2 rings (SSSR count). The number of ether oxygens (including phenoxy) is 1. The van der Waals surface area contributed by atoms with Gasteiger partial charge in [-0.15, -0.1) is 0 Å². The van der Waals surface area contributed by atoms with Gasteiger partial charge in [0.2, 0.25) is 0 Å². The average Bonchev–Trinajstić information content (AvgIpc) is 2.68. The van der Waals surface area contributed by atoms with E-state index in [-0.39, 0.29) is 11.9 Å². The molecule has 4 atom stereocenters. The molecule has 0 aliphatic carbocycles. The molecule has 0 unspecified atom stereocenters. The molecule has 1 saturated heterocycles. The van der Waals surface area contributed by atoms with Crippen molar-refractivity contribution in [3.63, 3.8) is 0 Å². The van der Waals surface area contributed by atoms with E-state index in [1.54, 1.807) is 0 Å². The SMILES string of the molecule is CCS[C@H]1[C@@H](O)[C@@H](CO)O[C@H]1n1ccc(=O)[nH]c1=O. The third kappa shape index (κ3) is 2.76. The highest BCUT2D eigenvalue weighted by molar-refractivity contribution is 7.99. The van der Waals surface area contributed by atoms with Crippen LogP contribution in [-0.4, -0.2) is 49.6 Å². The van der Waals surface area contributed by atoms with Crippen molar-refractivity contribution in [2.24, 2.45) is 0 Å². The molecule has 3 N–H and O–H groups in total. The third-order valence-corrected chi connectivity index (χ3v) is 4.21. The Bertz CT molecular complexity index is 542. The maximum Gasteiger partial charge on any atom is 0.330 e. The van der Waals surface area contributed by atoms with Crippen molar-refractivity contribution in [1.82, 2.24) is 9.55 Å². The summed E-state index contributed by atoms with van der Waals surface area (Å²) in [6, 6.07) is 1.22. The average molecular weight is 288 g/mol. The molecule has 1 aliphatic rings. The van der Waals surface area contributed by atoms with Crippen molar-refractivity contribution in [1.29, 1.82) is 0 Å². The van der Waals surface area contributed by atoms with E-state index >= 15 is 0 Å². The predicted octanol–water partition coefficient (Wildman–Crippen LogP) is -1.09. The second-order valence-corrected chi connectivity index (χ2v) is 5.63. The molecule has 0 amide bonds.